The van der Waals surface area contributed by atoms with Gasteiger partial charge in [-0.3, -0.25) is 5.14 Å². The second-order valence-corrected chi connectivity index (χ2v) is 4.24. The number of hydrogen-bond donors (Lipinski definition) is 2. The average molecular weight is 213 g/mol. The molecule has 0 heterocycles. The van der Waals surface area contributed by atoms with E-state index in [1.807, 2.05) is 6.07 Å². The summed E-state index contributed by atoms with van der Waals surface area (Å²) in [5, 5.41) is 6.76. The van der Waals surface area contributed by atoms with Crippen LogP contribution < -0.4 is 10.5 Å². The molecule has 1 aromatic rings. The molecular formula is C9H13N2S2+. The van der Waals surface area contributed by atoms with Crippen molar-refractivity contribution in [2.45, 2.75) is 13.8 Å². The zero-order valence-electron chi connectivity index (χ0n) is 7.76. The van der Waals surface area contributed by atoms with Crippen LogP contribution in [0.1, 0.15) is 11.1 Å². The van der Waals surface area contributed by atoms with Gasteiger partial charge in [-0.05, 0) is 37.7 Å². The van der Waals surface area contributed by atoms with Crippen molar-refractivity contribution in [2.24, 2.45) is 0 Å². The van der Waals surface area contributed by atoms with Crippen molar-refractivity contribution in [3.63, 3.8) is 0 Å². The van der Waals surface area contributed by atoms with E-state index in [1.165, 1.54) is 23.1 Å². The first kappa shape index (κ1) is 10.5. The summed E-state index contributed by atoms with van der Waals surface area (Å²) < 4.78 is 0.701. The number of aryl methyl sites for hydroxylation is 2. The number of thiocarbonyl (C=S) groups is 1. The number of rotatable bonds is 1. The molecule has 0 spiro atoms. The van der Waals surface area contributed by atoms with Gasteiger partial charge in [-0.1, -0.05) is 17.7 Å². The van der Waals surface area contributed by atoms with Gasteiger partial charge in [0.1, 0.15) is 11.9 Å². The highest BCUT2D eigenvalue weighted by Gasteiger charge is 2.01. The van der Waals surface area contributed by atoms with E-state index in [0.29, 0.717) is 4.32 Å². The molecule has 4 heteroatoms. The monoisotopic (exact) mass is 213 g/mol. The van der Waals surface area contributed by atoms with Crippen molar-refractivity contribution in [1.82, 2.24) is 0 Å². The molecule has 2 nitrogen and oxygen atoms in total. The molecule has 0 radical (unpaired) electrons. The van der Waals surface area contributed by atoms with E-state index < -0.39 is 0 Å². The maximum absolute atomic E-state index is 5.02. The fraction of sp³-hybridized carbons (Fsp3) is 0.222. The average Bonchev–Trinajstić information content (AvgIpc) is 2.09. The number of benzene rings is 1. The van der Waals surface area contributed by atoms with Crippen molar-refractivity contribution in [3.05, 3.63) is 29.3 Å². The molecule has 1 rings (SSSR count). The molecule has 0 saturated heterocycles. The molecule has 13 heavy (non-hydrogen) atoms. The Labute approximate surface area is 88.0 Å². The van der Waals surface area contributed by atoms with Crippen LogP contribution in [-0.4, -0.2) is 4.32 Å². The minimum atomic E-state index is 0.701. The Balaban J connectivity index is 2.83. The summed E-state index contributed by atoms with van der Waals surface area (Å²) in [6, 6.07) is 6.22. The van der Waals surface area contributed by atoms with Crippen molar-refractivity contribution in [1.29, 1.82) is 0 Å². The maximum atomic E-state index is 5.02. The topological polar surface area (TPSA) is 39.7 Å². The van der Waals surface area contributed by atoms with Crippen LogP contribution in [0.3, 0.4) is 0 Å². The number of hydrogen-bond acceptors (Lipinski definition) is 2. The molecule has 0 atom stereocenters. The lowest BCUT2D eigenvalue weighted by molar-refractivity contribution is -0.133. The summed E-state index contributed by atoms with van der Waals surface area (Å²) in [5.41, 5.74) is 3.53. The van der Waals surface area contributed by atoms with Gasteiger partial charge in [0.25, 0.3) is 0 Å². The zero-order valence-corrected chi connectivity index (χ0v) is 9.39. The normalized spacial score (nSPS) is 9.77. The molecule has 0 aliphatic heterocycles. The van der Waals surface area contributed by atoms with Crippen molar-refractivity contribution < 1.29 is 5.14 Å². The summed E-state index contributed by atoms with van der Waals surface area (Å²) in [7, 11) is 0. The predicted octanol–water partition coefficient (Wildman–Crippen LogP) is 1.89. The molecule has 4 N–H and O–H groups in total. The SMILES string of the molecule is Cc1ccc(NC(=S)S[NH3+])c(C)c1. The number of quaternary nitrogens is 1. The Hall–Kier alpha value is -0.580. The second kappa shape index (κ2) is 4.60. The minimum absolute atomic E-state index is 0.701. The molecule has 0 aliphatic rings. The minimum Gasteiger partial charge on any atom is -0.336 e. The molecular weight excluding hydrogens is 200 g/mol. The van der Waals surface area contributed by atoms with Crippen LogP contribution in [0.15, 0.2) is 18.2 Å². The molecule has 0 fully saturated rings. The molecule has 70 valence electrons. The first-order valence-electron chi connectivity index (χ1n) is 3.93. The van der Waals surface area contributed by atoms with Gasteiger partial charge in [0.2, 0.25) is 0 Å². The highest BCUT2D eigenvalue weighted by Crippen LogP contribution is 2.16. The summed E-state index contributed by atoms with van der Waals surface area (Å²) in [4.78, 5) is 0. The van der Waals surface area contributed by atoms with Crippen LogP contribution in [0.5, 0.6) is 0 Å². The van der Waals surface area contributed by atoms with E-state index >= 15 is 0 Å². The summed E-state index contributed by atoms with van der Waals surface area (Å²) in [5.74, 6) is 0. The van der Waals surface area contributed by atoms with E-state index in [1.54, 1.807) is 0 Å². The lowest BCUT2D eigenvalue weighted by atomic mass is 10.1. The summed E-state index contributed by atoms with van der Waals surface area (Å²) in [6.45, 7) is 4.14. The zero-order chi connectivity index (χ0) is 9.84. The third-order valence-corrected chi connectivity index (χ3v) is 2.57. The lowest BCUT2D eigenvalue weighted by Crippen LogP contribution is -2.40. The van der Waals surface area contributed by atoms with Gasteiger partial charge < -0.3 is 5.32 Å². The first-order valence-corrected chi connectivity index (χ1v) is 5.33. The van der Waals surface area contributed by atoms with Crippen LogP contribution in [-0.2, 0) is 0 Å². The Kier molecular flexibility index (Phi) is 3.71. The van der Waals surface area contributed by atoms with Gasteiger partial charge in [0.05, 0.1) is 0 Å². The molecule has 0 aromatic heterocycles. The van der Waals surface area contributed by atoms with Gasteiger partial charge in [0, 0.05) is 5.69 Å². The van der Waals surface area contributed by atoms with Gasteiger partial charge in [-0.25, -0.2) is 0 Å². The largest absolute Gasteiger partial charge is 0.336 e. The first-order chi connectivity index (χ1) is 6.13. The van der Waals surface area contributed by atoms with Crippen molar-refractivity contribution in [2.75, 3.05) is 5.32 Å². The van der Waals surface area contributed by atoms with E-state index in [4.69, 9.17) is 12.2 Å². The van der Waals surface area contributed by atoms with Gasteiger partial charge in [-0.2, -0.15) is 0 Å². The third-order valence-electron chi connectivity index (χ3n) is 1.75. The van der Waals surface area contributed by atoms with Crippen LogP contribution in [0.2, 0.25) is 0 Å². The number of anilines is 1. The van der Waals surface area contributed by atoms with E-state index in [0.717, 1.165) is 5.69 Å². The summed E-state index contributed by atoms with van der Waals surface area (Å²) >= 11 is 6.32. The van der Waals surface area contributed by atoms with E-state index in [9.17, 15) is 0 Å². The smallest absolute Gasteiger partial charge is 0.197 e. The molecule has 0 aliphatic carbocycles. The standard InChI is InChI=1S/C9H12N2S2/c1-6-3-4-8(7(2)5-6)11-9(12)13-10/h3-5H,10H2,1-2H3,(H,11,12)/p+1. The third kappa shape index (κ3) is 2.99. The highest BCUT2D eigenvalue weighted by molar-refractivity contribution is 8.18. The lowest BCUT2D eigenvalue weighted by Gasteiger charge is -2.07. The van der Waals surface area contributed by atoms with Crippen LogP contribution >= 0.6 is 24.2 Å². The Morgan fingerprint density at radius 2 is 2.15 bits per heavy atom. The Morgan fingerprint density at radius 3 is 2.69 bits per heavy atom. The Bertz CT molecular complexity index is 323. The molecule has 0 amide bonds. The van der Waals surface area contributed by atoms with Crippen molar-refractivity contribution >= 4 is 34.2 Å². The quantitative estimate of drug-likeness (QED) is 0.553. The highest BCUT2D eigenvalue weighted by atomic mass is 32.2. The molecule has 0 bridgehead atoms. The van der Waals surface area contributed by atoms with Gasteiger partial charge in [0.15, 0.2) is 4.32 Å². The number of nitrogens with one attached hydrogen (secondary N) is 1. The molecule has 1 aromatic carbocycles. The van der Waals surface area contributed by atoms with Crippen molar-refractivity contribution in [3.8, 4) is 0 Å². The van der Waals surface area contributed by atoms with Crippen LogP contribution in [0.25, 0.3) is 0 Å². The van der Waals surface area contributed by atoms with E-state index in [-0.39, 0.29) is 0 Å². The second-order valence-electron chi connectivity index (χ2n) is 2.88. The fourth-order valence-electron chi connectivity index (χ4n) is 1.10. The van der Waals surface area contributed by atoms with Gasteiger partial charge in [-0.15, -0.1) is 0 Å². The fourth-order valence-corrected chi connectivity index (χ4v) is 1.39. The predicted molar refractivity (Wildman–Crippen MR) is 62.6 cm³/mol. The summed E-state index contributed by atoms with van der Waals surface area (Å²) in [6.07, 6.45) is 0. The maximum Gasteiger partial charge on any atom is 0.197 e. The molecule has 0 saturated carbocycles. The van der Waals surface area contributed by atoms with Crippen LogP contribution in [0, 0.1) is 13.8 Å². The van der Waals surface area contributed by atoms with Gasteiger partial charge >= 0.3 is 0 Å². The van der Waals surface area contributed by atoms with Crippen LogP contribution in [0.4, 0.5) is 5.69 Å². The molecule has 0 unspecified atom stereocenters. The van der Waals surface area contributed by atoms with E-state index in [2.05, 4.69) is 36.4 Å². The Morgan fingerprint density at radius 1 is 1.46 bits per heavy atom.